The van der Waals surface area contributed by atoms with Crippen LogP contribution in [0.2, 0.25) is 0 Å². The van der Waals surface area contributed by atoms with Gasteiger partial charge in [-0.15, -0.1) is 0 Å². The predicted octanol–water partition coefficient (Wildman–Crippen LogP) is 3.49. The molecule has 2 N–H and O–H groups in total. The minimum atomic E-state index is -0.445. The molecule has 1 fully saturated rings. The third-order valence-electron chi connectivity index (χ3n) is 4.57. The Balaban J connectivity index is 2.42. The van der Waals surface area contributed by atoms with Crippen LogP contribution < -0.4 is 0 Å². The van der Waals surface area contributed by atoms with Crippen LogP contribution >= 0.6 is 0 Å². The highest BCUT2D eigenvalue weighted by Gasteiger charge is 2.54. The van der Waals surface area contributed by atoms with E-state index in [2.05, 4.69) is 0 Å². The Labute approximate surface area is 145 Å². The molecule has 136 valence electrons. The zero-order chi connectivity index (χ0) is 18.2. The minimum absolute atomic E-state index is 0.0129. The van der Waals surface area contributed by atoms with E-state index in [1.165, 1.54) is 0 Å². The van der Waals surface area contributed by atoms with Crippen LogP contribution in [0.5, 0.6) is 0 Å². The first-order valence-electron chi connectivity index (χ1n) is 8.73. The molecule has 1 saturated heterocycles. The summed E-state index contributed by atoms with van der Waals surface area (Å²) in [5, 5.41) is 18.5. The van der Waals surface area contributed by atoms with Crippen molar-refractivity contribution in [2.75, 3.05) is 13.2 Å². The van der Waals surface area contributed by atoms with Gasteiger partial charge >= 0.3 is 0 Å². The molecule has 0 aromatic rings. The molecule has 0 amide bonds. The van der Waals surface area contributed by atoms with Crippen molar-refractivity contribution in [2.24, 2.45) is 0 Å². The molecule has 0 aliphatic carbocycles. The molecule has 24 heavy (non-hydrogen) atoms. The van der Waals surface area contributed by atoms with Gasteiger partial charge in [0.15, 0.2) is 5.78 Å². The van der Waals surface area contributed by atoms with Gasteiger partial charge < -0.3 is 14.9 Å². The van der Waals surface area contributed by atoms with E-state index in [0.29, 0.717) is 6.42 Å². The van der Waals surface area contributed by atoms with E-state index < -0.39 is 5.60 Å². The van der Waals surface area contributed by atoms with Crippen molar-refractivity contribution in [1.82, 2.24) is 0 Å². The van der Waals surface area contributed by atoms with E-state index in [4.69, 9.17) is 9.84 Å². The third-order valence-corrected chi connectivity index (χ3v) is 4.57. The van der Waals surface area contributed by atoms with Gasteiger partial charge in [-0.05, 0) is 59.0 Å². The number of epoxide rings is 1. The fraction of sp³-hybridized carbons (Fsp3) is 0.650. The van der Waals surface area contributed by atoms with E-state index in [1.807, 2.05) is 39.8 Å². The number of aliphatic hydroxyl groups excluding tert-OH is 2. The molecule has 0 aromatic heterocycles. The molecule has 2 atom stereocenters. The lowest BCUT2D eigenvalue weighted by Gasteiger charge is -2.08. The minimum Gasteiger partial charge on any atom is -0.393 e. The molecule has 1 heterocycles. The summed E-state index contributed by atoms with van der Waals surface area (Å²) in [5.74, 6) is 0.146. The maximum atomic E-state index is 12.0. The Kier molecular flexibility index (Phi) is 8.60. The second kappa shape index (κ2) is 9.92. The number of aliphatic hydroxyl groups is 2. The highest BCUT2D eigenvalue weighted by Crippen LogP contribution is 2.43. The summed E-state index contributed by atoms with van der Waals surface area (Å²) in [6.07, 6.45) is 9.39. The van der Waals surface area contributed by atoms with Crippen LogP contribution in [-0.2, 0) is 9.53 Å². The van der Waals surface area contributed by atoms with Crippen LogP contribution in [0.15, 0.2) is 34.9 Å². The van der Waals surface area contributed by atoms with Crippen LogP contribution in [-0.4, -0.2) is 40.9 Å². The fourth-order valence-corrected chi connectivity index (χ4v) is 2.73. The highest BCUT2D eigenvalue weighted by atomic mass is 16.6. The molecule has 1 rings (SSSR count). The van der Waals surface area contributed by atoms with Gasteiger partial charge in [-0.3, -0.25) is 4.79 Å². The van der Waals surface area contributed by atoms with Gasteiger partial charge in [-0.1, -0.05) is 29.4 Å². The second-order valence-electron chi connectivity index (χ2n) is 6.94. The Morgan fingerprint density at radius 3 is 2.42 bits per heavy atom. The van der Waals surface area contributed by atoms with Gasteiger partial charge in [0.1, 0.15) is 5.60 Å². The molecule has 0 spiro atoms. The maximum Gasteiger partial charge on any atom is 0.162 e. The van der Waals surface area contributed by atoms with E-state index in [1.54, 1.807) is 6.08 Å². The zero-order valence-corrected chi connectivity index (χ0v) is 15.5. The number of hydrogen-bond acceptors (Lipinski definition) is 4. The lowest BCUT2D eigenvalue weighted by Crippen LogP contribution is -2.20. The Hall–Kier alpha value is -1.23. The lowest BCUT2D eigenvalue weighted by molar-refractivity contribution is -0.114. The SMILES string of the molecule is CC(C)=CCC(=O)/C(C)=C/CC[C@@]1(CO)O[C@H]1CC/C(C)=C\CO. The average molecular weight is 336 g/mol. The summed E-state index contributed by atoms with van der Waals surface area (Å²) in [7, 11) is 0. The van der Waals surface area contributed by atoms with Gasteiger partial charge in [0.25, 0.3) is 0 Å². The van der Waals surface area contributed by atoms with Crippen molar-refractivity contribution in [2.45, 2.75) is 71.5 Å². The standard InChI is InChI=1S/C20H32O4/c1-15(2)7-9-18(23)17(4)6-5-12-20(14-22)19(24-20)10-8-16(3)11-13-21/h6-7,11,19,21-22H,5,8-10,12-14H2,1-4H3/b16-11-,17-6+/t19-,20-/m0/s1. The number of hydrogen-bond donors (Lipinski definition) is 2. The average Bonchev–Trinajstić information content (AvgIpc) is 3.24. The number of allylic oxidation sites excluding steroid dienone is 5. The predicted molar refractivity (Wildman–Crippen MR) is 96.8 cm³/mol. The molecule has 1 aliphatic heterocycles. The molecule has 4 heteroatoms. The van der Waals surface area contributed by atoms with Gasteiger partial charge in [0.05, 0.1) is 19.3 Å². The number of carbonyl (C=O) groups is 1. The van der Waals surface area contributed by atoms with Gasteiger partial charge in [0, 0.05) is 6.42 Å². The van der Waals surface area contributed by atoms with E-state index in [9.17, 15) is 9.90 Å². The first-order chi connectivity index (χ1) is 11.3. The van der Waals surface area contributed by atoms with E-state index >= 15 is 0 Å². The second-order valence-corrected chi connectivity index (χ2v) is 6.94. The molecule has 0 aromatic carbocycles. The summed E-state index contributed by atoms with van der Waals surface area (Å²) in [6.45, 7) is 7.88. The van der Waals surface area contributed by atoms with Crippen molar-refractivity contribution >= 4 is 5.78 Å². The monoisotopic (exact) mass is 336 g/mol. The van der Waals surface area contributed by atoms with Crippen LogP contribution in [0.25, 0.3) is 0 Å². The number of Topliss-reactive ketones (excluding diaryl/α,β-unsaturated/α-hetero) is 1. The smallest absolute Gasteiger partial charge is 0.162 e. The van der Waals surface area contributed by atoms with Gasteiger partial charge in [-0.25, -0.2) is 0 Å². The molecule has 0 bridgehead atoms. The maximum absolute atomic E-state index is 12.0. The summed E-state index contributed by atoms with van der Waals surface area (Å²) >= 11 is 0. The molecular formula is C20H32O4. The van der Waals surface area contributed by atoms with Crippen LogP contribution in [0.3, 0.4) is 0 Å². The topological polar surface area (TPSA) is 70.1 Å². The van der Waals surface area contributed by atoms with Crippen LogP contribution in [0.1, 0.15) is 59.8 Å². The fourth-order valence-electron chi connectivity index (χ4n) is 2.73. The largest absolute Gasteiger partial charge is 0.393 e. The van der Waals surface area contributed by atoms with E-state index in [0.717, 1.165) is 42.4 Å². The third kappa shape index (κ3) is 6.71. The summed E-state index contributed by atoms with van der Waals surface area (Å²) in [5.41, 5.74) is 2.62. The lowest BCUT2D eigenvalue weighted by atomic mass is 9.95. The normalized spacial score (nSPS) is 24.0. The van der Waals surface area contributed by atoms with Gasteiger partial charge in [0.2, 0.25) is 0 Å². The van der Waals surface area contributed by atoms with Crippen molar-refractivity contribution in [3.8, 4) is 0 Å². The Morgan fingerprint density at radius 2 is 1.83 bits per heavy atom. The summed E-state index contributed by atoms with van der Waals surface area (Å²) < 4.78 is 5.74. The van der Waals surface area contributed by atoms with Crippen molar-refractivity contribution < 1.29 is 19.7 Å². The summed E-state index contributed by atoms with van der Waals surface area (Å²) in [4.78, 5) is 12.0. The van der Waals surface area contributed by atoms with Crippen LogP contribution in [0.4, 0.5) is 0 Å². The summed E-state index contributed by atoms with van der Waals surface area (Å²) in [6, 6.07) is 0. The van der Waals surface area contributed by atoms with Crippen molar-refractivity contribution in [3.05, 3.63) is 34.9 Å². The quantitative estimate of drug-likeness (QED) is 0.344. The first kappa shape index (κ1) is 20.8. The van der Waals surface area contributed by atoms with E-state index in [-0.39, 0.29) is 25.1 Å². The molecule has 4 nitrogen and oxygen atoms in total. The molecule has 0 saturated carbocycles. The Morgan fingerprint density at radius 1 is 1.12 bits per heavy atom. The van der Waals surface area contributed by atoms with Gasteiger partial charge in [-0.2, -0.15) is 0 Å². The molecular weight excluding hydrogens is 304 g/mol. The molecule has 0 unspecified atom stereocenters. The number of carbonyl (C=O) groups excluding carboxylic acids is 1. The Bertz CT molecular complexity index is 512. The van der Waals surface area contributed by atoms with Crippen molar-refractivity contribution in [1.29, 1.82) is 0 Å². The van der Waals surface area contributed by atoms with Crippen LogP contribution in [0, 0.1) is 0 Å². The molecule has 1 aliphatic rings. The molecule has 0 radical (unpaired) electrons. The number of rotatable bonds is 11. The number of ether oxygens (including phenoxy) is 1. The number of ketones is 1. The first-order valence-corrected chi connectivity index (χ1v) is 8.73. The zero-order valence-electron chi connectivity index (χ0n) is 15.5. The van der Waals surface area contributed by atoms with Crippen molar-refractivity contribution in [3.63, 3.8) is 0 Å². The highest BCUT2D eigenvalue weighted by molar-refractivity contribution is 5.95.